The first-order valence-electron chi connectivity index (χ1n) is 13.2. The fourth-order valence-electron chi connectivity index (χ4n) is 4.44. The first-order valence-corrected chi connectivity index (χ1v) is 19.0. The number of carbonyl (C=O) groups excluding carboxylic acids is 1. The predicted octanol–water partition coefficient (Wildman–Crippen LogP) is 7.86. The van der Waals surface area contributed by atoms with Gasteiger partial charge in [-0.1, -0.05) is 79.9 Å². The van der Waals surface area contributed by atoms with Crippen LogP contribution in [-0.2, 0) is 18.4 Å². The lowest BCUT2D eigenvalue weighted by Crippen LogP contribution is -2.45. The van der Waals surface area contributed by atoms with Crippen LogP contribution in [0.5, 0.6) is 0 Å². The van der Waals surface area contributed by atoms with Crippen molar-refractivity contribution in [2.75, 3.05) is 0 Å². The molecule has 1 saturated heterocycles. The number of rotatable bonds is 10. The van der Waals surface area contributed by atoms with E-state index in [9.17, 15) is 4.79 Å². The topological polar surface area (TPSA) is 44.8 Å². The molecule has 2 unspecified atom stereocenters. The summed E-state index contributed by atoms with van der Waals surface area (Å²) in [5.41, 5.74) is 0. The van der Waals surface area contributed by atoms with Gasteiger partial charge in [-0.25, -0.2) is 0 Å². The molecule has 2 fully saturated rings. The minimum Gasteiger partial charge on any atom is -0.462 e. The van der Waals surface area contributed by atoms with Gasteiger partial charge in [-0.15, -0.1) is 0 Å². The lowest BCUT2D eigenvalue weighted by atomic mass is 9.91. The average Bonchev–Trinajstić information content (AvgIpc) is 3.12. The predicted molar refractivity (Wildman–Crippen MR) is 144 cm³/mol. The van der Waals surface area contributed by atoms with E-state index in [2.05, 4.69) is 86.8 Å². The van der Waals surface area contributed by atoms with Gasteiger partial charge in [0.05, 0.1) is 18.6 Å². The maximum absolute atomic E-state index is 12.1. The Hall–Kier alpha value is -0.436. The van der Waals surface area contributed by atoms with Gasteiger partial charge in [-0.05, 0) is 42.7 Å². The summed E-state index contributed by atoms with van der Waals surface area (Å²) < 4.78 is 19.4. The van der Waals surface area contributed by atoms with E-state index in [1.54, 1.807) is 0 Å². The van der Waals surface area contributed by atoms with E-state index in [0.29, 0.717) is 6.42 Å². The van der Waals surface area contributed by atoms with E-state index in [4.69, 9.17) is 13.6 Å². The standard InChI is InChI=1S/C27H52O4Si2/c1-12-13-14-15-20(30-32(8,9)26(2,3)4)16-17-21-22-18-25(28)29-23(22)19-24(21)31-33(10,11)27(5,6)7/h16-17,20-24H,12-15,18-19H2,1-11H3/b17-16+/t20?,21?,22-,23+,24+/m1/s1. The van der Waals surface area contributed by atoms with Crippen molar-refractivity contribution in [2.24, 2.45) is 11.8 Å². The summed E-state index contributed by atoms with van der Waals surface area (Å²) in [5.74, 6) is 0.395. The van der Waals surface area contributed by atoms with Crippen LogP contribution in [0.2, 0.25) is 36.3 Å². The Kier molecular flexibility index (Phi) is 9.31. The maximum Gasteiger partial charge on any atom is 0.306 e. The van der Waals surface area contributed by atoms with Gasteiger partial charge in [0.2, 0.25) is 0 Å². The van der Waals surface area contributed by atoms with Crippen molar-refractivity contribution < 1.29 is 18.4 Å². The molecule has 0 bridgehead atoms. The molecule has 2 aliphatic rings. The van der Waals surface area contributed by atoms with Crippen molar-refractivity contribution in [1.82, 2.24) is 0 Å². The summed E-state index contributed by atoms with van der Waals surface area (Å²) in [5, 5.41) is 0.339. The van der Waals surface area contributed by atoms with Gasteiger partial charge in [0.25, 0.3) is 0 Å². The van der Waals surface area contributed by atoms with Crippen LogP contribution in [0.15, 0.2) is 12.2 Å². The SMILES string of the molecule is CCCCCC(/C=C/C1[C@@H](O[Si](C)(C)C(C)(C)C)C[C@@H]2OC(=O)C[C@H]12)O[Si](C)(C)C(C)(C)C. The van der Waals surface area contributed by atoms with Crippen molar-refractivity contribution in [3.63, 3.8) is 0 Å². The molecule has 1 heterocycles. The molecule has 0 N–H and O–H groups in total. The van der Waals surface area contributed by atoms with Crippen molar-refractivity contribution in [3.05, 3.63) is 12.2 Å². The summed E-state index contributed by atoms with van der Waals surface area (Å²) in [4.78, 5) is 12.1. The molecule has 33 heavy (non-hydrogen) atoms. The molecule has 1 aliphatic heterocycles. The molecule has 0 amide bonds. The number of hydrogen-bond acceptors (Lipinski definition) is 4. The zero-order chi connectivity index (χ0) is 25.2. The molecule has 6 heteroatoms. The highest BCUT2D eigenvalue weighted by Crippen LogP contribution is 2.47. The van der Waals surface area contributed by atoms with Gasteiger partial charge in [-0.3, -0.25) is 4.79 Å². The van der Waals surface area contributed by atoms with Gasteiger partial charge in [0.1, 0.15) is 6.10 Å². The van der Waals surface area contributed by atoms with Crippen molar-refractivity contribution in [3.8, 4) is 0 Å². The van der Waals surface area contributed by atoms with E-state index in [1.165, 1.54) is 19.3 Å². The second kappa shape index (κ2) is 10.7. The van der Waals surface area contributed by atoms with Gasteiger partial charge >= 0.3 is 5.97 Å². The number of ether oxygens (including phenoxy) is 1. The molecular formula is C27H52O4Si2. The monoisotopic (exact) mass is 496 g/mol. The Balaban J connectivity index is 2.26. The third-order valence-corrected chi connectivity index (χ3v) is 17.7. The Morgan fingerprint density at radius 1 is 1.03 bits per heavy atom. The zero-order valence-corrected chi connectivity index (χ0v) is 25.4. The van der Waals surface area contributed by atoms with Crippen LogP contribution in [0, 0.1) is 11.8 Å². The van der Waals surface area contributed by atoms with Gasteiger partial charge in [0.15, 0.2) is 16.6 Å². The molecule has 0 spiro atoms. The van der Waals surface area contributed by atoms with Crippen LogP contribution in [-0.4, -0.2) is 40.9 Å². The molecule has 4 nitrogen and oxygen atoms in total. The Labute approximate surface area is 206 Å². The number of esters is 1. The van der Waals surface area contributed by atoms with Crippen molar-refractivity contribution in [2.45, 2.75) is 142 Å². The fraction of sp³-hybridized carbons (Fsp3) is 0.889. The molecule has 1 aliphatic carbocycles. The minimum atomic E-state index is -1.92. The molecule has 0 aromatic rings. The van der Waals surface area contributed by atoms with Gasteiger partial charge in [0, 0.05) is 18.3 Å². The van der Waals surface area contributed by atoms with E-state index in [0.717, 1.165) is 12.8 Å². The van der Waals surface area contributed by atoms with Crippen LogP contribution in [0.4, 0.5) is 0 Å². The summed E-state index contributed by atoms with van der Waals surface area (Å²) in [6.45, 7) is 25.3. The third-order valence-electron chi connectivity index (χ3n) is 8.70. The molecule has 0 radical (unpaired) electrons. The average molecular weight is 497 g/mol. The highest BCUT2D eigenvalue weighted by atomic mass is 28.4. The van der Waals surface area contributed by atoms with E-state index < -0.39 is 16.6 Å². The Bertz CT molecular complexity index is 687. The second-order valence-electron chi connectivity index (χ2n) is 13.4. The largest absolute Gasteiger partial charge is 0.462 e. The van der Waals surface area contributed by atoms with Crippen LogP contribution < -0.4 is 0 Å². The smallest absolute Gasteiger partial charge is 0.306 e. The molecular weight excluding hydrogens is 444 g/mol. The fourth-order valence-corrected chi connectivity index (χ4v) is 7.11. The third kappa shape index (κ3) is 7.28. The van der Waals surface area contributed by atoms with Gasteiger partial charge in [-0.2, -0.15) is 0 Å². The van der Waals surface area contributed by atoms with E-state index in [1.807, 2.05) is 0 Å². The van der Waals surface area contributed by atoms with E-state index >= 15 is 0 Å². The Morgan fingerprint density at radius 2 is 1.64 bits per heavy atom. The molecule has 0 aromatic heterocycles. The van der Waals surface area contributed by atoms with Gasteiger partial charge < -0.3 is 13.6 Å². The normalized spacial score (nSPS) is 27.8. The lowest BCUT2D eigenvalue weighted by Gasteiger charge is -2.40. The number of fused-ring (bicyclic) bond motifs is 1. The maximum atomic E-state index is 12.1. The summed E-state index contributed by atoms with van der Waals surface area (Å²) in [7, 11) is -3.80. The van der Waals surface area contributed by atoms with Crippen LogP contribution >= 0.6 is 0 Å². The van der Waals surface area contributed by atoms with Crippen LogP contribution in [0.3, 0.4) is 0 Å². The quantitative estimate of drug-likeness (QED) is 0.134. The summed E-state index contributed by atoms with van der Waals surface area (Å²) in [6, 6.07) is 0. The van der Waals surface area contributed by atoms with Crippen molar-refractivity contribution >= 4 is 22.6 Å². The minimum absolute atomic E-state index is 0.00164. The first-order chi connectivity index (χ1) is 15.0. The highest BCUT2D eigenvalue weighted by molar-refractivity contribution is 6.74. The summed E-state index contributed by atoms with van der Waals surface area (Å²) in [6.07, 6.45) is 10.9. The van der Waals surface area contributed by atoms with Crippen LogP contribution in [0.25, 0.3) is 0 Å². The molecule has 192 valence electrons. The summed E-state index contributed by atoms with van der Waals surface area (Å²) >= 11 is 0. The molecule has 2 rings (SSSR count). The highest BCUT2D eigenvalue weighted by Gasteiger charge is 2.52. The number of hydrogen-bond donors (Lipinski definition) is 0. The molecule has 0 aromatic carbocycles. The van der Waals surface area contributed by atoms with Crippen LogP contribution in [0.1, 0.15) is 87.0 Å². The first kappa shape index (κ1) is 28.8. The molecule has 1 saturated carbocycles. The van der Waals surface area contributed by atoms with Crippen molar-refractivity contribution in [1.29, 1.82) is 0 Å². The van der Waals surface area contributed by atoms with E-state index in [-0.39, 0.29) is 46.2 Å². The number of unbranched alkanes of at least 4 members (excludes halogenated alkanes) is 2. The zero-order valence-electron chi connectivity index (χ0n) is 23.4. The molecule has 5 atom stereocenters. The number of carbonyl (C=O) groups is 1. The Morgan fingerprint density at radius 3 is 2.18 bits per heavy atom. The second-order valence-corrected chi connectivity index (χ2v) is 22.9. The lowest BCUT2D eigenvalue weighted by molar-refractivity contribution is -0.141.